The minimum absolute atomic E-state index is 0.113. The van der Waals surface area contributed by atoms with Crippen molar-refractivity contribution in [2.45, 2.75) is 19.3 Å². The fourth-order valence-electron chi connectivity index (χ4n) is 3.78. The lowest BCUT2D eigenvalue weighted by molar-refractivity contribution is 0.574. The van der Waals surface area contributed by atoms with E-state index in [2.05, 4.69) is 64.7 Å². The van der Waals surface area contributed by atoms with Crippen molar-refractivity contribution < 1.29 is 0 Å². The van der Waals surface area contributed by atoms with Gasteiger partial charge in [0, 0.05) is 13.1 Å². The van der Waals surface area contributed by atoms with Gasteiger partial charge < -0.3 is 31.3 Å². The van der Waals surface area contributed by atoms with Crippen LogP contribution in [-0.2, 0) is 0 Å². The molecule has 38 heavy (non-hydrogen) atoms. The number of hydrogen-bond acceptors (Lipinski definition) is 12. The summed E-state index contributed by atoms with van der Waals surface area (Å²) in [6, 6.07) is 0. The Labute approximate surface area is 228 Å². The molecule has 18 heteroatoms. The van der Waals surface area contributed by atoms with Crippen LogP contribution in [-0.4, -0.2) is 72.9 Å². The molecule has 1 aliphatic heterocycles. The average molecular weight is 577 g/mol. The van der Waals surface area contributed by atoms with Gasteiger partial charge in [0.1, 0.15) is 16.6 Å². The van der Waals surface area contributed by atoms with E-state index in [1.54, 1.807) is 6.33 Å². The molecule has 0 bridgehead atoms. The summed E-state index contributed by atoms with van der Waals surface area (Å²) in [6.07, 6.45) is 8.32. The van der Waals surface area contributed by atoms with E-state index in [4.69, 9.17) is 46.3 Å². The smallest absolute Gasteiger partial charge is 0.226 e. The number of fused-ring (bicyclic) bond motifs is 3. The van der Waals surface area contributed by atoms with Gasteiger partial charge in [0.05, 0.1) is 19.0 Å². The van der Waals surface area contributed by atoms with E-state index in [0.29, 0.717) is 39.6 Å². The number of nitrogens with one attached hydrogen (secondary N) is 3. The molecule has 15 nitrogen and oxygen atoms in total. The highest BCUT2D eigenvalue weighted by Crippen LogP contribution is 2.25. The van der Waals surface area contributed by atoms with Gasteiger partial charge >= 0.3 is 0 Å². The van der Waals surface area contributed by atoms with Crippen LogP contribution < -0.4 is 16.4 Å². The van der Waals surface area contributed by atoms with Crippen LogP contribution in [0.4, 0.5) is 17.5 Å². The number of nitrogens with zero attached hydrogens (tertiary/aromatic N) is 10. The summed E-state index contributed by atoms with van der Waals surface area (Å²) in [6.45, 7) is 2.06. The summed E-state index contributed by atoms with van der Waals surface area (Å²) in [5, 5.41) is 0.490. The standard InChI is InChI=1S/C10H12ClN5.2C5H4ClN5/c11-10-14-8-7(12-6-13-8)9(15-10)16-4-2-1-3-5-16;2*6-5-10-3(7)2-4(11-5)9-1-8-2/h6H,1-5H2,(H,12,13,14,15);2*1H,(H3,7,8,9,10,11). The molecule has 0 radical (unpaired) electrons. The third-order valence-electron chi connectivity index (χ3n) is 5.47. The zero-order valence-corrected chi connectivity index (χ0v) is 21.8. The quantitative estimate of drug-likeness (QED) is 0.178. The predicted octanol–water partition coefficient (Wildman–Crippen LogP) is 3.17. The molecular formula is C20H20Cl3N15. The van der Waals surface area contributed by atoms with Crippen molar-refractivity contribution in [2.75, 3.05) is 29.5 Å². The molecule has 0 aliphatic carbocycles. The number of nitrogen functional groups attached to an aromatic ring is 2. The Morgan fingerprint density at radius 3 is 1.50 bits per heavy atom. The Bertz CT molecular complexity index is 1610. The van der Waals surface area contributed by atoms with Crippen molar-refractivity contribution in [3.05, 3.63) is 34.8 Å². The van der Waals surface area contributed by atoms with Crippen LogP contribution in [0.25, 0.3) is 33.5 Å². The average Bonchev–Trinajstić information content (AvgIpc) is 3.65. The molecule has 0 aromatic carbocycles. The molecule has 0 unspecified atom stereocenters. The van der Waals surface area contributed by atoms with E-state index in [0.717, 1.165) is 24.4 Å². The number of H-pyrrole nitrogens is 3. The highest BCUT2D eigenvalue weighted by molar-refractivity contribution is 6.29. The van der Waals surface area contributed by atoms with E-state index >= 15 is 0 Å². The Morgan fingerprint density at radius 1 is 0.579 bits per heavy atom. The van der Waals surface area contributed by atoms with Crippen LogP contribution in [0.15, 0.2) is 19.0 Å². The Morgan fingerprint density at radius 2 is 1.00 bits per heavy atom. The van der Waals surface area contributed by atoms with E-state index < -0.39 is 0 Å². The molecule has 196 valence electrons. The van der Waals surface area contributed by atoms with Gasteiger partial charge in [-0.3, -0.25) is 0 Å². The van der Waals surface area contributed by atoms with E-state index in [1.165, 1.54) is 31.9 Å². The summed E-state index contributed by atoms with van der Waals surface area (Å²) in [7, 11) is 0. The number of imidazole rings is 3. The molecule has 7 N–H and O–H groups in total. The summed E-state index contributed by atoms with van der Waals surface area (Å²) >= 11 is 16.9. The number of hydrogen-bond donors (Lipinski definition) is 5. The highest BCUT2D eigenvalue weighted by atomic mass is 35.5. The third kappa shape index (κ3) is 5.58. The fourth-order valence-corrected chi connectivity index (χ4v) is 4.28. The molecule has 0 atom stereocenters. The number of aromatic nitrogens is 12. The minimum atomic E-state index is 0.113. The molecule has 7 rings (SSSR count). The van der Waals surface area contributed by atoms with Crippen LogP contribution in [0.2, 0.25) is 15.9 Å². The molecule has 6 aromatic heterocycles. The van der Waals surface area contributed by atoms with Crippen LogP contribution in [0.1, 0.15) is 19.3 Å². The summed E-state index contributed by atoms with van der Waals surface area (Å²) in [5.41, 5.74) is 14.7. The van der Waals surface area contributed by atoms with Gasteiger partial charge in [-0.25, -0.2) is 15.0 Å². The van der Waals surface area contributed by atoms with Crippen LogP contribution in [0, 0.1) is 0 Å². The maximum absolute atomic E-state index is 5.90. The number of aromatic amines is 3. The second kappa shape index (κ2) is 11.1. The summed E-state index contributed by atoms with van der Waals surface area (Å²) in [4.78, 5) is 46.3. The number of anilines is 3. The largest absolute Gasteiger partial charge is 0.382 e. The van der Waals surface area contributed by atoms with Gasteiger partial charge in [-0.2, -0.15) is 29.9 Å². The Kier molecular flexibility index (Phi) is 7.48. The zero-order chi connectivity index (χ0) is 26.6. The van der Waals surface area contributed by atoms with Gasteiger partial charge in [-0.15, -0.1) is 0 Å². The molecule has 6 aromatic rings. The normalized spacial score (nSPS) is 13.3. The highest BCUT2D eigenvalue weighted by Gasteiger charge is 2.17. The van der Waals surface area contributed by atoms with Gasteiger partial charge in [-0.1, -0.05) is 0 Å². The van der Waals surface area contributed by atoms with Crippen molar-refractivity contribution in [2.24, 2.45) is 0 Å². The van der Waals surface area contributed by atoms with Crippen molar-refractivity contribution >= 4 is 85.7 Å². The summed E-state index contributed by atoms with van der Waals surface area (Å²) in [5.74, 6) is 1.52. The van der Waals surface area contributed by atoms with Crippen molar-refractivity contribution in [1.29, 1.82) is 0 Å². The first-order valence-corrected chi connectivity index (χ1v) is 12.4. The van der Waals surface area contributed by atoms with Gasteiger partial charge in [-0.05, 0) is 54.1 Å². The predicted molar refractivity (Wildman–Crippen MR) is 145 cm³/mol. The lowest BCUT2D eigenvalue weighted by Crippen LogP contribution is -2.30. The number of halogens is 3. The maximum atomic E-state index is 5.90. The topological polar surface area (TPSA) is 219 Å². The number of piperidine rings is 1. The third-order valence-corrected chi connectivity index (χ3v) is 5.97. The first-order valence-electron chi connectivity index (χ1n) is 11.2. The van der Waals surface area contributed by atoms with Gasteiger partial charge in [0.25, 0.3) is 0 Å². The molecule has 0 saturated carbocycles. The molecule has 1 aliphatic rings. The van der Waals surface area contributed by atoms with Crippen molar-refractivity contribution in [1.82, 2.24) is 59.8 Å². The molecule has 7 heterocycles. The Hall–Kier alpha value is -4.08. The van der Waals surface area contributed by atoms with E-state index in [1.807, 2.05) is 0 Å². The summed E-state index contributed by atoms with van der Waals surface area (Å²) < 4.78 is 0. The first kappa shape index (κ1) is 25.6. The minimum Gasteiger partial charge on any atom is -0.382 e. The van der Waals surface area contributed by atoms with E-state index in [-0.39, 0.29) is 15.9 Å². The van der Waals surface area contributed by atoms with Gasteiger partial charge in [0.15, 0.2) is 34.4 Å². The van der Waals surface area contributed by atoms with Crippen LogP contribution >= 0.6 is 34.8 Å². The zero-order valence-electron chi connectivity index (χ0n) is 19.5. The lowest BCUT2D eigenvalue weighted by Gasteiger charge is -2.27. The first-order chi connectivity index (χ1) is 18.4. The maximum Gasteiger partial charge on any atom is 0.226 e. The molecular weight excluding hydrogens is 557 g/mol. The molecule has 1 fully saturated rings. The SMILES string of the molecule is Clc1nc(N2CCCCC2)c2[nH]cnc2n1.Nc1nc(Cl)nc2nc[nH]c12.Nc1nc(Cl)nc2nc[nH]c12. The van der Waals surface area contributed by atoms with Crippen LogP contribution in [0.3, 0.4) is 0 Å². The second-order valence-electron chi connectivity index (χ2n) is 7.92. The second-order valence-corrected chi connectivity index (χ2v) is 8.94. The van der Waals surface area contributed by atoms with E-state index in [9.17, 15) is 0 Å². The van der Waals surface area contributed by atoms with Crippen molar-refractivity contribution in [3.63, 3.8) is 0 Å². The molecule has 0 amide bonds. The number of rotatable bonds is 1. The molecule has 1 saturated heterocycles. The van der Waals surface area contributed by atoms with Crippen LogP contribution in [0.5, 0.6) is 0 Å². The lowest BCUT2D eigenvalue weighted by atomic mass is 10.1. The van der Waals surface area contributed by atoms with Crippen molar-refractivity contribution in [3.8, 4) is 0 Å². The number of nitrogens with two attached hydrogens (primary N) is 2. The Balaban J connectivity index is 0.000000119. The molecule has 0 spiro atoms. The fraction of sp³-hybridized carbons (Fsp3) is 0.250. The monoisotopic (exact) mass is 575 g/mol. The van der Waals surface area contributed by atoms with Gasteiger partial charge in [0.2, 0.25) is 15.9 Å².